The molecule has 2 rings (SSSR count). The summed E-state index contributed by atoms with van der Waals surface area (Å²) >= 11 is 3.30. The van der Waals surface area contributed by atoms with Gasteiger partial charge in [0.2, 0.25) is 5.91 Å². The summed E-state index contributed by atoms with van der Waals surface area (Å²) in [6, 6.07) is 10.4. The molecule has 2 N–H and O–H groups in total. The van der Waals surface area contributed by atoms with Crippen LogP contribution in [0.15, 0.2) is 56.7 Å². The third kappa shape index (κ3) is 5.71. The molecule has 120 valence electrons. The lowest BCUT2D eigenvalue weighted by Crippen LogP contribution is -2.26. The van der Waals surface area contributed by atoms with Gasteiger partial charge in [0.25, 0.3) is 5.91 Å². The summed E-state index contributed by atoms with van der Waals surface area (Å²) < 4.78 is 6.01. The molecule has 0 aliphatic carbocycles. The van der Waals surface area contributed by atoms with E-state index >= 15 is 0 Å². The van der Waals surface area contributed by atoms with Gasteiger partial charge in [0.05, 0.1) is 19.2 Å². The fourth-order valence-corrected chi connectivity index (χ4v) is 2.01. The topological polar surface area (TPSA) is 83.7 Å². The highest BCUT2D eigenvalue weighted by Gasteiger charge is 2.07. The van der Waals surface area contributed by atoms with Crippen molar-refractivity contribution in [1.29, 1.82) is 0 Å². The maximum Gasteiger partial charge on any atom is 0.271 e. The number of halogens is 1. The SMILES string of the molecule is C/C(CC(=O)NCc1ccco1)=N\NC(=O)c1ccc(Br)cc1. The quantitative estimate of drug-likeness (QED) is 0.599. The fraction of sp³-hybridized carbons (Fsp3) is 0.188. The van der Waals surface area contributed by atoms with Crippen LogP contribution >= 0.6 is 15.9 Å². The van der Waals surface area contributed by atoms with E-state index in [-0.39, 0.29) is 18.2 Å². The first-order valence-electron chi connectivity index (χ1n) is 6.93. The van der Waals surface area contributed by atoms with Crippen LogP contribution < -0.4 is 10.7 Å². The van der Waals surface area contributed by atoms with E-state index in [2.05, 4.69) is 31.8 Å². The van der Waals surface area contributed by atoms with Gasteiger partial charge >= 0.3 is 0 Å². The molecular weight excluding hydrogens is 362 g/mol. The van der Waals surface area contributed by atoms with Gasteiger partial charge in [-0.05, 0) is 43.3 Å². The Kier molecular flexibility index (Phi) is 6.10. The monoisotopic (exact) mass is 377 g/mol. The third-order valence-corrected chi connectivity index (χ3v) is 3.44. The Morgan fingerprint density at radius 3 is 2.61 bits per heavy atom. The van der Waals surface area contributed by atoms with Crippen molar-refractivity contribution in [2.45, 2.75) is 19.9 Å². The predicted octanol–water partition coefficient (Wildman–Crippen LogP) is 2.85. The second kappa shape index (κ2) is 8.28. The van der Waals surface area contributed by atoms with Crippen LogP contribution in [0, 0.1) is 0 Å². The summed E-state index contributed by atoms with van der Waals surface area (Å²) in [5.41, 5.74) is 3.43. The second-order valence-corrected chi connectivity index (χ2v) is 5.74. The standard InChI is InChI=1S/C16H16BrN3O3/c1-11(9-15(21)18-10-14-3-2-8-23-14)19-20-16(22)12-4-6-13(17)7-5-12/h2-8H,9-10H2,1H3,(H,18,21)(H,20,22)/b19-11+. The normalized spacial score (nSPS) is 11.1. The van der Waals surface area contributed by atoms with Gasteiger partial charge < -0.3 is 9.73 Å². The number of hydrogen-bond acceptors (Lipinski definition) is 4. The highest BCUT2D eigenvalue weighted by Crippen LogP contribution is 2.10. The van der Waals surface area contributed by atoms with Crippen molar-refractivity contribution in [1.82, 2.24) is 10.7 Å². The molecule has 0 spiro atoms. The van der Waals surface area contributed by atoms with E-state index in [0.29, 0.717) is 23.6 Å². The molecule has 0 atom stereocenters. The minimum absolute atomic E-state index is 0.0985. The Morgan fingerprint density at radius 1 is 1.22 bits per heavy atom. The third-order valence-electron chi connectivity index (χ3n) is 2.91. The van der Waals surface area contributed by atoms with Crippen LogP contribution in [0.1, 0.15) is 29.5 Å². The highest BCUT2D eigenvalue weighted by molar-refractivity contribution is 9.10. The van der Waals surface area contributed by atoms with Crippen LogP contribution in [0.5, 0.6) is 0 Å². The van der Waals surface area contributed by atoms with Crippen molar-refractivity contribution in [3.8, 4) is 0 Å². The first-order chi connectivity index (χ1) is 11.0. The van der Waals surface area contributed by atoms with E-state index in [1.807, 2.05) is 0 Å². The van der Waals surface area contributed by atoms with Gasteiger partial charge in [0, 0.05) is 15.7 Å². The Morgan fingerprint density at radius 2 is 1.96 bits per heavy atom. The summed E-state index contributed by atoms with van der Waals surface area (Å²) in [6.07, 6.45) is 1.65. The van der Waals surface area contributed by atoms with Crippen LogP contribution in [0.3, 0.4) is 0 Å². The van der Waals surface area contributed by atoms with Crippen LogP contribution in [-0.4, -0.2) is 17.5 Å². The van der Waals surface area contributed by atoms with Crippen LogP contribution in [0.4, 0.5) is 0 Å². The molecule has 0 radical (unpaired) electrons. The Labute approximate surface area is 142 Å². The van der Waals surface area contributed by atoms with E-state index in [4.69, 9.17) is 4.42 Å². The van der Waals surface area contributed by atoms with E-state index in [9.17, 15) is 9.59 Å². The molecule has 0 saturated heterocycles. The van der Waals surface area contributed by atoms with Gasteiger partial charge in [-0.2, -0.15) is 5.10 Å². The number of nitrogens with one attached hydrogen (secondary N) is 2. The number of hydrazone groups is 1. The van der Waals surface area contributed by atoms with Gasteiger partial charge in [0.15, 0.2) is 0 Å². The van der Waals surface area contributed by atoms with Crippen molar-refractivity contribution < 1.29 is 14.0 Å². The molecule has 2 aromatic rings. The number of benzene rings is 1. The Hall–Kier alpha value is -2.41. The summed E-state index contributed by atoms with van der Waals surface area (Å²) in [5.74, 6) is 0.157. The molecule has 2 amide bonds. The van der Waals surface area contributed by atoms with Crippen LogP contribution in [0.25, 0.3) is 0 Å². The van der Waals surface area contributed by atoms with E-state index in [1.165, 1.54) is 0 Å². The lowest BCUT2D eigenvalue weighted by molar-refractivity contribution is -0.120. The lowest BCUT2D eigenvalue weighted by Gasteiger charge is -2.04. The molecule has 23 heavy (non-hydrogen) atoms. The molecule has 6 nitrogen and oxygen atoms in total. The molecule has 0 unspecified atom stereocenters. The van der Waals surface area contributed by atoms with E-state index in [0.717, 1.165) is 4.47 Å². The molecule has 0 fully saturated rings. The van der Waals surface area contributed by atoms with Gasteiger partial charge in [-0.15, -0.1) is 0 Å². The first kappa shape index (κ1) is 17.0. The predicted molar refractivity (Wildman–Crippen MR) is 89.9 cm³/mol. The Balaban J connectivity index is 1.79. The number of carbonyl (C=O) groups is 2. The number of amides is 2. The van der Waals surface area contributed by atoms with Gasteiger partial charge in [-0.25, -0.2) is 5.43 Å². The maximum atomic E-state index is 11.9. The zero-order chi connectivity index (χ0) is 16.7. The minimum Gasteiger partial charge on any atom is -0.467 e. The lowest BCUT2D eigenvalue weighted by atomic mass is 10.2. The summed E-state index contributed by atoms with van der Waals surface area (Å²) in [6.45, 7) is 2.00. The average Bonchev–Trinajstić information content (AvgIpc) is 3.05. The number of nitrogens with zero attached hydrogens (tertiary/aromatic N) is 1. The fourth-order valence-electron chi connectivity index (χ4n) is 1.75. The number of rotatable bonds is 6. The number of furan rings is 1. The number of carbonyl (C=O) groups excluding carboxylic acids is 2. The van der Waals surface area contributed by atoms with Crippen molar-refractivity contribution >= 4 is 33.5 Å². The molecule has 7 heteroatoms. The van der Waals surface area contributed by atoms with Gasteiger partial charge in [-0.1, -0.05) is 15.9 Å². The Bertz CT molecular complexity index is 694. The average molecular weight is 378 g/mol. The van der Waals surface area contributed by atoms with Crippen molar-refractivity contribution in [2.24, 2.45) is 5.10 Å². The van der Waals surface area contributed by atoms with Crippen molar-refractivity contribution in [3.05, 3.63) is 58.5 Å². The summed E-state index contributed by atoms with van der Waals surface area (Å²) in [5, 5.41) is 6.64. The zero-order valence-corrected chi connectivity index (χ0v) is 14.1. The largest absolute Gasteiger partial charge is 0.467 e. The molecule has 0 saturated carbocycles. The molecular formula is C16H16BrN3O3. The van der Waals surface area contributed by atoms with E-state index in [1.54, 1.807) is 49.6 Å². The van der Waals surface area contributed by atoms with Gasteiger partial charge in [0.1, 0.15) is 5.76 Å². The maximum absolute atomic E-state index is 11.9. The molecule has 0 aliphatic heterocycles. The molecule has 0 aliphatic rings. The van der Waals surface area contributed by atoms with Gasteiger partial charge in [-0.3, -0.25) is 9.59 Å². The molecule has 1 aromatic heterocycles. The van der Waals surface area contributed by atoms with E-state index < -0.39 is 0 Å². The highest BCUT2D eigenvalue weighted by atomic mass is 79.9. The van der Waals surface area contributed by atoms with Crippen molar-refractivity contribution in [2.75, 3.05) is 0 Å². The number of hydrogen-bond donors (Lipinski definition) is 2. The molecule has 0 bridgehead atoms. The van der Waals surface area contributed by atoms with Crippen LogP contribution in [0.2, 0.25) is 0 Å². The first-order valence-corrected chi connectivity index (χ1v) is 7.72. The molecule has 1 aromatic carbocycles. The smallest absolute Gasteiger partial charge is 0.271 e. The summed E-state index contributed by atoms with van der Waals surface area (Å²) in [7, 11) is 0. The van der Waals surface area contributed by atoms with Crippen LogP contribution in [-0.2, 0) is 11.3 Å². The zero-order valence-electron chi connectivity index (χ0n) is 12.5. The minimum atomic E-state index is -0.326. The summed E-state index contributed by atoms with van der Waals surface area (Å²) in [4.78, 5) is 23.6. The second-order valence-electron chi connectivity index (χ2n) is 4.83. The van der Waals surface area contributed by atoms with Crippen molar-refractivity contribution in [3.63, 3.8) is 0 Å². The molecule has 1 heterocycles.